The molecule has 0 aliphatic rings. The zero-order valence-corrected chi connectivity index (χ0v) is 20.3. The summed E-state index contributed by atoms with van der Waals surface area (Å²) in [7, 11) is 0. The Morgan fingerprint density at radius 2 is 1.20 bits per heavy atom. The molecule has 0 amide bonds. The zero-order chi connectivity index (χ0) is 20.8. The Hall–Kier alpha value is -1.48. The highest BCUT2D eigenvalue weighted by Gasteiger charge is 2.08. The van der Waals surface area contributed by atoms with Crippen molar-refractivity contribution in [3.8, 4) is 11.5 Å². The molecule has 0 aliphatic heterocycles. The third kappa shape index (κ3) is 5.60. The Morgan fingerprint density at radius 1 is 0.733 bits per heavy atom. The predicted molar refractivity (Wildman–Crippen MR) is 132 cm³/mol. The molecule has 8 heteroatoms. The molecule has 158 valence electrons. The third-order valence-corrected chi connectivity index (χ3v) is 8.79. The molecule has 2 aromatic carbocycles. The molecule has 0 radical (unpaired) electrons. The number of fused-ring (bicyclic) bond motifs is 2. The quantitative estimate of drug-likeness (QED) is 0.166. The van der Waals surface area contributed by atoms with Crippen LogP contribution in [0.2, 0.25) is 0 Å². The lowest BCUT2D eigenvalue weighted by Crippen LogP contribution is -1.89. The van der Waals surface area contributed by atoms with E-state index in [1.165, 1.54) is 22.2 Å². The number of aromatic nitrogens is 2. The van der Waals surface area contributed by atoms with E-state index in [-0.39, 0.29) is 0 Å². The van der Waals surface area contributed by atoms with E-state index >= 15 is 0 Å². The second-order valence-corrected chi connectivity index (χ2v) is 11.2. The van der Waals surface area contributed by atoms with E-state index < -0.39 is 0 Å². The standard InChI is InChI=1S/C22H24N2O2S4/c1-3-25-15-7-9-17-19(13-15)29-21(23-17)27-11-5-6-12-28-22-24-18-10-8-16(26-4-2)14-20(18)30-22/h7-10,13-14H,3-6,11-12H2,1-2H3. The molecule has 2 heterocycles. The van der Waals surface area contributed by atoms with Crippen LogP contribution in [0.4, 0.5) is 0 Å². The van der Waals surface area contributed by atoms with Crippen molar-refractivity contribution in [2.24, 2.45) is 0 Å². The minimum absolute atomic E-state index is 0.690. The van der Waals surface area contributed by atoms with Crippen LogP contribution in [-0.2, 0) is 0 Å². The molecule has 4 nitrogen and oxygen atoms in total. The number of hydrogen-bond acceptors (Lipinski definition) is 8. The van der Waals surface area contributed by atoms with Gasteiger partial charge in [0.15, 0.2) is 8.68 Å². The summed E-state index contributed by atoms with van der Waals surface area (Å²) in [6, 6.07) is 12.3. The molecule has 0 atom stereocenters. The smallest absolute Gasteiger partial charge is 0.151 e. The van der Waals surface area contributed by atoms with Crippen LogP contribution >= 0.6 is 46.2 Å². The molecule has 0 unspecified atom stereocenters. The van der Waals surface area contributed by atoms with E-state index in [4.69, 9.17) is 19.4 Å². The number of thiazole rings is 2. The topological polar surface area (TPSA) is 44.2 Å². The second-order valence-electron chi connectivity index (χ2n) is 6.49. The van der Waals surface area contributed by atoms with Gasteiger partial charge in [0, 0.05) is 11.5 Å². The van der Waals surface area contributed by atoms with Gasteiger partial charge in [-0.25, -0.2) is 9.97 Å². The van der Waals surface area contributed by atoms with Gasteiger partial charge in [0.2, 0.25) is 0 Å². The fraction of sp³-hybridized carbons (Fsp3) is 0.364. The molecular formula is C22H24N2O2S4. The van der Waals surface area contributed by atoms with Gasteiger partial charge in [0.1, 0.15) is 11.5 Å². The van der Waals surface area contributed by atoms with Crippen LogP contribution in [-0.4, -0.2) is 34.7 Å². The summed E-state index contributed by atoms with van der Waals surface area (Å²) in [5.74, 6) is 4.03. The van der Waals surface area contributed by atoms with Crippen molar-refractivity contribution >= 4 is 66.6 Å². The van der Waals surface area contributed by atoms with E-state index in [2.05, 4.69) is 12.1 Å². The molecule has 0 fully saturated rings. The van der Waals surface area contributed by atoms with Crippen molar-refractivity contribution in [2.45, 2.75) is 35.4 Å². The van der Waals surface area contributed by atoms with E-state index in [1.54, 1.807) is 22.7 Å². The number of hydrogen-bond donors (Lipinski definition) is 0. The third-order valence-electron chi connectivity index (χ3n) is 4.29. The largest absolute Gasteiger partial charge is 0.494 e. The van der Waals surface area contributed by atoms with Gasteiger partial charge in [-0.1, -0.05) is 23.5 Å². The van der Waals surface area contributed by atoms with Crippen molar-refractivity contribution in [3.63, 3.8) is 0 Å². The summed E-state index contributed by atoms with van der Waals surface area (Å²) in [5.41, 5.74) is 2.12. The minimum atomic E-state index is 0.690. The molecular weight excluding hydrogens is 453 g/mol. The summed E-state index contributed by atoms with van der Waals surface area (Å²) < 4.78 is 15.8. The first-order chi connectivity index (χ1) is 14.7. The number of unbranched alkanes of at least 4 members (excludes halogenated alkanes) is 1. The lowest BCUT2D eigenvalue weighted by Gasteiger charge is -2.00. The van der Waals surface area contributed by atoms with E-state index in [1.807, 2.05) is 61.6 Å². The maximum absolute atomic E-state index is 5.58. The molecule has 0 bridgehead atoms. The molecule has 0 saturated heterocycles. The highest BCUT2D eigenvalue weighted by Crippen LogP contribution is 2.34. The van der Waals surface area contributed by atoms with Gasteiger partial charge in [-0.15, -0.1) is 22.7 Å². The van der Waals surface area contributed by atoms with Crippen molar-refractivity contribution in [1.82, 2.24) is 9.97 Å². The van der Waals surface area contributed by atoms with Crippen molar-refractivity contribution in [3.05, 3.63) is 36.4 Å². The van der Waals surface area contributed by atoms with Crippen LogP contribution in [0, 0.1) is 0 Å². The first kappa shape index (κ1) is 21.7. The molecule has 30 heavy (non-hydrogen) atoms. The van der Waals surface area contributed by atoms with Gasteiger partial charge in [-0.2, -0.15) is 0 Å². The summed E-state index contributed by atoms with van der Waals surface area (Å²) >= 11 is 7.21. The maximum Gasteiger partial charge on any atom is 0.151 e. The summed E-state index contributed by atoms with van der Waals surface area (Å²) in [6.07, 6.45) is 2.36. The van der Waals surface area contributed by atoms with Crippen LogP contribution < -0.4 is 9.47 Å². The molecule has 0 saturated carbocycles. The zero-order valence-electron chi connectivity index (χ0n) is 17.1. The molecule has 0 N–H and O–H groups in total. The van der Waals surface area contributed by atoms with Gasteiger partial charge in [-0.05, 0) is 63.1 Å². The van der Waals surface area contributed by atoms with Crippen LogP contribution in [0.25, 0.3) is 20.4 Å². The highest BCUT2D eigenvalue weighted by molar-refractivity contribution is 8.01. The van der Waals surface area contributed by atoms with Crippen LogP contribution in [0.15, 0.2) is 45.1 Å². The van der Waals surface area contributed by atoms with Crippen LogP contribution in [0.1, 0.15) is 26.7 Å². The minimum Gasteiger partial charge on any atom is -0.494 e. The number of benzene rings is 2. The SMILES string of the molecule is CCOc1ccc2nc(SCCCCSc3nc4ccc(OCC)cc4s3)sc2c1. The number of rotatable bonds is 11. The maximum atomic E-state index is 5.58. The first-order valence-electron chi connectivity index (χ1n) is 10.1. The van der Waals surface area contributed by atoms with E-state index in [9.17, 15) is 0 Å². The average molecular weight is 477 g/mol. The van der Waals surface area contributed by atoms with Gasteiger partial charge >= 0.3 is 0 Å². The van der Waals surface area contributed by atoms with Crippen molar-refractivity contribution in [2.75, 3.05) is 24.7 Å². The number of thioether (sulfide) groups is 2. The predicted octanol–water partition coefficient (Wildman–Crippen LogP) is 7.37. The lowest BCUT2D eigenvalue weighted by atomic mass is 10.3. The van der Waals surface area contributed by atoms with Crippen molar-refractivity contribution in [1.29, 1.82) is 0 Å². The number of nitrogens with zero attached hydrogens (tertiary/aromatic N) is 2. The fourth-order valence-corrected chi connectivity index (χ4v) is 7.26. The Kier molecular flexibility index (Phi) is 7.76. The van der Waals surface area contributed by atoms with Gasteiger partial charge in [0.25, 0.3) is 0 Å². The van der Waals surface area contributed by atoms with Gasteiger partial charge in [0.05, 0.1) is 33.6 Å². The summed E-state index contributed by atoms with van der Waals surface area (Å²) in [4.78, 5) is 9.45. The Balaban J connectivity index is 1.21. The molecule has 4 rings (SSSR count). The molecule has 0 aliphatic carbocycles. The Morgan fingerprint density at radius 3 is 1.63 bits per heavy atom. The lowest BCUT2D eigenvalue weighted by molar-refractivity contribution is 0.340. The van der Waals surface area contributed by atoms with E-state index in [0.29, 0.717) is 13.2 Å². The Labute approximate surface area is 193 Å². The van der Waals surface area contributed by atoms with Crippen LogP contribution in [0.3, 0.4) is 0 Å². The first-order valence-corrected chi connectivity index (χ1v) is 13.7. The summed E-state index contributed by atoms with van der Waals surface area (Å²) in [6.45, 7) is 5.39. The average Bonchev–Trinajstić information content (AvgIpc) is 3.33. The Bertz CT molecular complexity index is 1020. The van der Waals surface area contributed by atoms with Crippen molar-refractivity contribution < 1.29 is 9.47 Å². The number of ether oxygens (including phenoxy) is 2. The highest BCUT2D eigenvalue weighted by atomic mass is 32.2. The van der Waals surface area contributed by atoms with E-state index in [0.717, 1.165) is 42.7 Å². The summed E-state index contributed by atoms with van der Waals surface area (Å²) in [5, 5.41) is 0. The second kappa shape index (κ2) is 10.7. The normalized spacial score (nSPS) is 11.4. The van der Waals surface area contributed by atoms with Gasteiger partial charge < -0.3 is 9.47 Å². The molecule has 2 aromatic heterocycles. The van der Waals surface area contributed by atoms with Crippen LogP contribution in [0.5, 0.6) is 11.5 Å². The van der Waals surface area contributed by atoms with Gasteiger partial charge in [-0.3, -0.25) is 0 Å². The fourth-order valence-electron chi connectivity index (χ4n) is 2.93. The molecule has 0 spiro atoms. The monoisotopic (exact) mass is 476 g/mol. The molecule has 4 aromatic rings.